The van der Waals surface area contributed by atoms with E-state index in [1.54, 1.807) is 0 Å². The Bertz CT molecular complexity index is 240. The lowest BCUT2D eigenvalue weighted by Crippen LogP contribution is -2.42. The van der Waals surface area contributed by atoms with Crippen molar-refractivity contribution >= 4 is 0 Å². The van der Waals surface area contributed by atoms with Crippen LogP contribution in [0.5, 0.6) is 0 Å². The molecule has 0 fully saturated rings. The summed E-state index contributed by atoms with van der Waals surface area (Å²) in [7, 11) is 0. The highest BCUT2D eigenvalue weighted by Crippen LogP contribution is 2.19. The largest absolute Gasteiger partial charge is 0.300 e. The van der Waals surface area contributed by atoms with Crippen molar-refractivity contribution in [1.29, 1.82) is 0 Å². The van der Waals surface area contributed by atoms with Crippen molar-refractivity contribution in [2.24, 2.45) is 10.8 Å². The number of hydrogen-bond donors (Lipinski definition) is 0. The van der Waals surface area contributed by atoms with E-state index in [0.717, 1.165) is 0 Å². The number of hydrogen-bond acceptors (Lipinski definition) is 2. The van der Waals surface area contributed by atoms with Crippen molar-refractivity contribution in [3.05, 3.63) is 0 Å². The van der Waals surface area contributed by atoms with Gasteiger partial charge in [0.2, 0.25) is 0 Å². The summed E-state index contributed by atoms with van der Waals surface area (Å²) in [5, 5.41) is 0. The Hall–Kier alpha value is -0.0800. The highest BCUT2D eigenvalue weighted by molar-refractivity contribution is 4.75. The molecular formula is C19H42N2. The van der Waals surface area contributed by atoms with Crippen LogP contribution >= 0.6 is 0 Å². The molecule has 0 aromatic heterocycles. The average Bonchev–Trinajstić information content (AvgIpc) is 2.22. The van der Waals surface area contributed by atoms with E-state index in [-0.39, 0.29) is 0 Å². The molecule has 0 aliphatic carbocycles. The first-order valence-corrected chi connectivity index (χ1v) is 8.80. The summed E-state index contributed by atoms with van der Waals surface area (Å²) >= 11 is 0. The van der Waals surface area contributed by atoms with Gasteiger partial charge >= 0.3 is 0 Å². The SMILES string of the molecule is CC(C)N(CCCN(CC(C)(C)C)C(C)C)CC(C)(C)C. The minimum absolute atomic E-state index is 0.382. The summed E-state index contributed by atoms with van der Waals surface area (Å²) in [4.78, 5) is 5.27. The van der Waals surface area contributed by atoms with E-state index in [1.165, 1.54) is 32.6 Å². The first kappa shape index (κ1) is 20.9. The molecule has 0 rings (SSSR count). The minimum Gasteiger partial charge on any atom is -0.300 e. The smallest absolute Gasteiger partial charge is 0.00388 e. The van der Waals surface area contributed by atoms with Gasteiger partial charge in [0.15, 0.2) is 0 Å². The Morgan fingerprint density at radius 1 is 0.619 bits per heavy atom. The molecule has 0 aromatic carbocycles. The van der Waals surface area contributed by atoms with Crippen molar-refractivity contribution in [1.82, 2.24) is 9.80 Å². The lowest BCUT2D eigenvalue weighted by atomic mass is 9.95. The Morgan fingerprint density at radius 2 is 0.905 bits per heavy atom. The van der Waals surface area contributed by atoms with Gasteiger partial charge in [0.1, 0.15) is 0 Å². The predicted molar refractivity (Wildman–Crippen MR) is 96.9 cm³/mol. The quantitative estimate of drug-likeness (QED) is 0.629. The van der Waals surface area contributed by atoms with Crippen LogP contribution in [0.1, 0.15) is 75.7 Å². The van der Waals surface area contributed by atoms with Crippen LogP contribution < -0.4 is 0 Å². The van der Waals surface area contributed by atoms with E-state index in [0.29, 0.717) is 22.9 Å². The minimum atomic E-state index is 0.382. The molecule has 0 spiro atoms. The van der Waals surface area contributed by atoms with Crippen LogP contribution in [0.2, 0.25) is 0 Å². The molecule has 0 aliphatic heterocycles. The maximum Gasteiger partial charge on any atom is 0.00388 e. The van der Waals surface area contributed by atoms with E-state index in [9.17, 15) is 0 Å². The van der Waals surface area contributed by atoms with Gasteiger partial charge in [-0.1, -0.05) is 41.5 Å². The van der Waals surface area contributed by atoms with Crippen LogP contribution in [0.4, 0.5) is 0 Å². The molecular weight excluding hydrogens is 256 g/mol. The van der Waals surface area contributed by atoms with E-state index in [4.69, 9.17) is 0 Å². The first-order chi connectivity index (χ1) is 9.32. The van der Waals surface area contributed by atoms with Crippen molar-refractivity contribution in [2.45, 2.75) is 87.7 Å². The molecule has 0 heterocycles. The number of nitrogens with zero attached hydrogens (tertiary/aromatic N) is 2. The molecule has 0 atom stereocenters. The third-order valence-electron chi connectivity index (χ3n) is 3.71. The Kier molecular flexibility index (Phi) is 8.49. The van der Waals surface area contributed by atoms with Gasteiger partial charge in [-0.15, -0.1) is 0 Å². The zero-order valence-corrected chi connectivity index (χ0v) is 16.6. The van der Waals surface area contributed by atoms with Crippen molar-refractivity contribution < 1.29 is 0 Å². The summed E-state index contributed by atoms with van der Waals surface area (Å²) in [6.45, 7) is 28.1. The molecule has 128 valence electrons. The summed E-state index contributed by atoms with van der Waals surface area (Å²) in [6.07, 6.45) is 1.27. The average molecular weight is 299 g/mol. The van der Waals surface area contributed by atoms with E-state index in [1.807, 2.05) is 0 Å². The lowest BCUT2D eigenvalue weighted by Gasteiger charge is -2.36. The van der Waals surface area contributed by atoms with E-state index >= 15 is 0 Å². The predicted octanol–water partition coefficient (Wildman–Crippen LogP) is 4.89. The van der Waals surface area contributed by atoms with Crippen LogP contribution in [0.3, 0.4) is 0 Å². The molecule has 0 saturated heterocycles. The second-order valence-corrected chi connectivity index (χ2v) is 9.60. The third kappa shape index (κ3) is 11.2. The molecule has 0 unspecified atom stereocenters. The zero-order chi connectivity index (χ0) is 16.8. The van der Waals surface area contributed by atoms with Gasteiger partial charge in [-0.05, 0) is 58.0 Å². The fourth-order valence-corrected chi connectivity index (χ4v) is 2.74. The van der Waals surface area contributed by atoms with Gasteiger partial charge in [-0.2, -0.15) is 0 Å². The monoisotopic (exact) mass is 298 g/mol. The molecule has 0 aliphatic rings. The van der Waals surface area contributed by atoms with Gasteiger partial charge in [0.25, 0.3) is 0 Å². The van der Waals surface area contributed by atoms with Gasteiger partial charge in [0.05, 0.1) is 0 Å². The summed E-state index contributed by atoms with van der Waals surface area (Å²) in [6, 6.07) is 1.28. The Labute approximate surface area is 135 Å². The van der Waals surface area contributed by atoms with Crippen LogP contribution in [-0.2, 0) is 0 Å². The second-order valence-electron chi connectivity index (χ2n) is 9.60. The second kappa shape index (κ2) is 8.53. The van der Waals surface area contributed by atoms with Crippen LogP contribution in [0.15, 0.2) is 0 Å². The van der Waals surface area contributed by atoms with E-state index < -0.39 is 0 Å². The third-order valence-corrected chi connectivity index (χ3v) is 3.71. The van der Waals surface area contributed by atoms with Crippen LogP contribution in [0.25, 0.3) is 0 Å². The molecule has 0 amide bonds. The normalized spacial score (nSPS) is 14.0. The molecule has 0 aromatic rings. The highest BCUT2D eigenvalue weighted by atomic mass is 15.2. The van der Waals surface area contributed by atoms with Crippen molar-refractivity contribution in [2.75, 3.05) is 26.2 Å². The van der Waals surface area contributed by atoms with Crippen molar-refractivity contribution in [3.8, 4) is 0 Å². The van der Waals surface area contributed by atoms with Crippen LogP contribution in [-0.4, -0.2) is 48.1 Å². The van der Waals surface area contributed by atoms with E-state index in [2.05, 4.69) is 79.0 Å². The zero-order valence-electron chi connectivity index (χ0n) is 16.6. The maximum atomic E-state index is 2.63. The number of rotatable bonds is 8. The summed E-state index contributed by atoms with van der Waals surface area (Å²) in [5.74, 6) is 0. The molecule has 0 saturated carbocycles. The van der Waals surface area contributed by atoms with Gasteiger partial charge in [0, 0.05) is 25.2 Å². The summed E-state index contributed by atoms with van der Waals surface area (Å²) < 4.78 is 0. The highest BCUT2D eigenvalue weighted by Gasteiger charge is 2.21. The molecule has 2 heteroatoms. The van der Waals surface area contributed by atoms with Gasteiger partial charge < -0.3 is 9.80 Å². The molecule has 0 bridgehead atoms. The molecule has 2 nitrogen and oxygen atoms in total. The lowest BCUT2D eigenvalue weighted by molar-refractivity contribution is 0.122. The molecule has 21 heavy (non-hydrogen) atoms. The standard InChI is InChI=1S/C19H42N2/c1-16(2)20(14-18(5,6)7)12-11-13-21(17(3)4)15-19(8,9)10/h16-17H,11-15H2,1-10H3. The first-order valence-electron chi connectivity index (χ1n) is 8.80. The maximum absolute atomic E-state index is 2.63. The van der Waals surface area contributed by atoms with Gasteiger partial charge in [-0.25, -0.2) is 0 Å². The fourth-order valence-electron chi connectivity index (χ4n) is 2.74. The summed E-state index contributed by atoms with van der Waals surface area (Å²) in [5.41, 5.74) is 0.765. The topological polar surface area (TPSA) is 6.48 Å². The fraction of sp³-hybridized carbons (Fsp3) is 1.00. The Morgan fingerprint density at radius 3 is 1.10 bits per heavy atom. The Balaban J connectivity index is 4.39. The van der Waals surface area contributed by atoms with Gasteiger partial charge in [-0.3, -0.25) is 0 Å². The van der Waals surface area contributed by atoms with Crippen molar-refractivity contribution in [3.63, 3.8) is 0 Å². The molecule has 0 radical (unpaired) electrons. The molecule has 0 N–H and O–H groups in total. The van der Waals surface area contributed by atoms with Crippen LogP contribution in [0, 0.1) is 10.8 Å².